The van der Waals surface area contributed by atoms with Gasteiger partial charge in [0.1, 0.15) is 0 Å². The summed E-state index contributed by atoms with van der Waals surface area (Å²) in [4.78, 5) is 38.3. The molecule has 1 aromatic carbocycles. The molecule has 0 atom stereocenters. The van der Waals surface area contributed by atoms with Crippen LogP contribution in [0.2, 0.25) is 0 Å². The van der Waals surface area contributed by atoms with Crippen molar-refractivity contribution < 1.29 is 55.6 Å². The Balaban J connectivity index is 0.000000277. The molecule has 45 heavy (non-hydrogen) atoms. The predicted octanol–water partition coefficient (Wildman–Crippen LogP) is 4.72. The summed E-state index contributed by atoms with van der Waals surface area (Å²) >= 11 is 0. The molecule has 0 spiro atoms. The number of piperidine rings is 1. The van der Waals surface area contributed by atoms with E-state index in [0.29, 0.717) is 18.5 Å². The number of hydrogen-bond donors (Lipinski definition) is 2. The molecular weight excluding hydrogens is 618 g/mol. The monoisotopic (exact) mass is 642 g/mol. The van der Waals surface area contributed by atoms with Crippen molar-refractivity contribution >= 4 is 23.2 Å². The highest BCUT2D eigenvalue weighted by atomic mass is 19.4. The van der Waals surface area contributed by atoms with Gasteiger partial charge in [0.05, 0.1) is 18.2 Å². The lowest BCUT2D eigenvalue weighted by Gasteiger charge is -2.32. The molecule has 0 aliphatic carbocycles. The van der Waals surface area contributed by atoms with Crippen LogP contribution in [0.5, 0.6) is 11.5 Å². The van der Waals surface area contributed by atoms with Gasteiger partial charge in [-0.25, -0.2) is 24.5 Å². The summed E-state index contributed by atoms with van der Waals surface area (Å²) in [5, 5.41) is 14.2. The van der Waals surface area contributed by atoms with Crippen LogP contribution in [0.25, 0.3) is 22.6 Å². The van der Waals surface area contributed by atoms with Crippen LogP contribution >= 0.6 is 0 Å². The summed E-state index contributed by atoms with van der Waals surface area (Å²) in [6.45, 7) is 3.27. The van der Waals surface area contributed by atoms with Crippen molar-refractivity contribution in [2.75, 3.05) is 19.9 Å². The minimum absolute atomic E-state index is 0.314. The second-order valence-electron chi connectivity index (χ2n) is 9.60. The Bertz CT molecular complexity index is 1600. The molecule has 1 saturated heterocycles. The van der Waals surface area contributed by atoms with Gasteiger partial charge in [-0.15, -0.1) is 0 Å². The molecule has 240 valence electrons. The molecule has 2 aliphatic heterocycles. The van der Waals surface area contributed by atoms with E-state index < -0.39 is 24.3 Å². The second-order valence-corrected chi connectivity index (χ2v) is 9.60. The molecule has 0 bridgehead atoms. The first-order chi connectivity index (χ1) is 21.2. The number of fused-ring (bicyclic) bond motifs is 2. The highest BCUT2D eigenvalue weighted by Gasteiger charge is 2.39. The van der Waals surface area contributed by atoms with Gasteiger partial charge in [-0.3, -0.25) is 9.88 Å². The van der Waals surface area contributed by atoms with E-state index in [-0.39, 0.29) is 0 Å². The lowest BCUT2D eigenvalue weighted by molar-refractivity contribution is -0.193. The summed E-state index contributed by atoms with van der Waals surface area (Å²) < 4.78 is 76.6. The van der Waals surface area contributed by atoms with Crippen LogP contribution in [0.4, 0.5) is 26.3 Å². The molecule has 6 rings (SSSR count). The number of carboxylic acids is 2. The minimum atomic E-state index is -5.08. The summed E-state index contributed by atoms with van der Waals surface area (Å²) in [6.07, 6.45) is -0.841. The van der Waals surface area contributed by atoms with E-state index in [2.05, 4.69) is 36.6 Å². The summed E-state index contributed by atoms with van der Waals surface area (Å²) in [6, 6.07) is 10.5. The smallest absolute Gasteiger partial charge is 0.475 e. The lowest BCUT2D eigenvalue weighted by atomic mass is 10.0. The van der Waals surface area contributed by atoms with Gasteiger partial charge < -0.3 is 24.3 Å². The predicted molar refractivity (Wildman–Crippen MR) is 142 cm³/mol. The average molecular weight is 643 g/mol. The Labute approximate surface area is 249 Å². The van der Waals surface area contributed by atoms with Gasteiger partial charge in [-0.05, 0) is 42.7 Å². The topological polar surface area (TPSA) is 153 Å². The maximum Gasteiger partial charge on any atom is 0.490 e. The number of benzene rings is 1. The van der Waals surface area contributed by atoms with Crippen LogP contribution < -0.4 is 9.47 Å². The number of ether oxygens (including phenoxy) is 2. The molecule has 4 aromatic rings. The fraction of sp³-hybridized carbons (Fsp3) is 0.333. The third kappa shape index (κ3) is 8.78. The maximum absolute atomic E-state index is 10.6. The molecule has 2 N–H and O–H groups in total. The Morgan fingerprint density at radius 3 is 2.16 bits per heavy atom. The highest BCUT2D eigenvalue weighted by molar-refractivity contribution is 5.73. The molecule has 0 saturated carbocycles. The van der Waals surface area contributed by atoms with Crippen molar-refractivity contribution in [1.29, 1.82) is 0 Å². The number of halogens is 6. The number of hydrogen-bond acceptors (Lipinski definition) is 9. The number of imidazole rings is 1. The van der Waals surface area contributed by atoms with Crippen LogP contribution in [0, 0.1) is 0 Å². The summed E-state index contributed by atoms with van der Waals surface area (Å²) in [5.74, 6) is -3.83. The highest BCUT2D eigenvalue weighted by Crippen LogP contribution is 2.33. The van der Waals surface area contributed by atoms with Crippen molar-refractivity contribution in [3.8, 4) is 22.8 Å². The zero-order valence-electron chi connectivity index (χ0n) is 23.0. The summed E-state index contributed by atoms with van der Waals surface area (Å²) in [7, 11) is 0. The number of carbonyl (C=O) groups is 2. The molecular formula is C27H24F6N6O6. The number of aliphatic carboxylic acids is 2. The van der Waals surface area contributed by atoms with E-state index in [4.69, 9.17) is 34.3 Å². The fourth-order valence-electron chi connectivity index (χ4n) is 4.38. The molecule has 0 radical (unpaired) electrons. The third-order valence-electron chi connectivity index (χ3n) is 6.52. The second kappa shape index (κ2) is 13.7. The SMILES string of the molecule is O=C(O)C(F)(F)F.O=C(O)C(F)(F)F.c1cncc(-c2cnc3ncn(C4CCN(Cc5ccc6c(c5)OCO6)CC4)c3n2)c1. The van der Waals surface area contributed by atoms with Crippen LogP contribution in [0.3, 0.4) is 0 Å². The number of pyridine rings is 1. The van der Waals surface area contributed by atoms with Crippen LogP contribution in [-0.4, -0.2) is 83.8 Å². The standard InChI is InChI=1S/C23H22N6O2.2C2HF3O2/c1-2-17(11-24-7-1)19-12-25-22-23(27-19)29(14-26-22)18-5-8-28(9-6-18)13-16-3-4-20-21(10-16)31-15-30-20;2*3-2(4,5)1(6)7/h1-4,7,10-12,14,18H,5-6,8-9,13,15H2;2*(H,6,7). The Morgan fingerprint density at radius 2 is 1.56 bits per heavy atom. The van der Waals surface area contributed by atoms with Gasteiger partial charge in [-0.2, -0.15) is 26.3 Å². The first-order valence-corrected chi connectivity index (χ1v) is 13.0. The number of likely N-dealkylation sites (tertiary alicyclic amines) is 1. The van der Waals surface area contributed by atoms with Crippen molar-refractivity contribution in [2.45, 2.75) is 37.8 Å². The average Bonchev–Trinajstić information content (AvgIpc) is 3.64. The quantitative estimate of drug-likeness (QED) is 0.298. The van der Waals surface area contributed by atoms with Gasteiger partial charge in [0.15, 0.2) is 22.8 Å². The fourth-order valence-corrected chi connectivity index (χ4v) is 4.38. The number of nitrogens with zero attached hydrogens (tertiary/aromatic N) is 6. The molecule has 5 heterocycles. The first-order valence-electron chi connectivity index (χ1n) is 13.0. The van der Waals surface area contributed by atoms with E-state index in [1.54, 1.807) is 12.4 Å². The van der Waals surface area contributed by atoms with Gasteiger partial charge in [0.25, 0.3) is 0 Å². The minimum Gasteiger partial charge on any atom is -0.475 e. The Kier molecular flexibility index (Phi) is 10.1. The number of rotatable bonds is 4. The summed E-state index contributed by atoms with van der Waals surface area (Å²) in [5.41, 5.74) is 4.57. The van der Waals surface area contributed by atoms with Crippen molar-refractivity contribution in [2.24, 2.45) is 0 Å². The molecule has 1 fully saturated rings. The van der Waals surface area contributed by atoms with Crippen LogP contribution in [0.15, 0.2) is 55.2 Å². The normalized spacial score (nSPS) is 15.1. The number of carboxylic acid groups (broad SMARTS) is 2. The van der Waals surface area contributed by atoms with Crippen molar-refractivity contribution in [3.63, 3.8) is 0 Å². The van der Waals surface area contributed by atoms with Crippen molar-refractivity contribution in [3.05, 3.63) is 60.8 Å². The number of alkyl halides is 6. The molecule has 0 unspecified atom stereocenters. The van der Waals surface area contributed by atoms with Crippen LogP contribution in [-0.2, 0) is 16.1 Å². The molecule has 12 nitrogen and oxygen atoms in total. The third-order valence-corrected chi connectivity index (χ3v) is 6.52. The van der Waals surface area contributed by atoms with Crippen LogP contribution in [0.1, 0.15) is 24.4 Å². The largest absolute Gasteiger partial charge is 0.490 e. The zero-order valence-corrected chi connectivity index (χ0v) is 23.0. The molecule has 2 aliphatic rings. The van der Waals surface area contributed by atoms with Crippen molar-refractivity contribution in [1.82, 2.24) is 29.4 Å². The Morgan fingerprint density at radius 1 is 0.911 bits per heavy atom. The van der Waals surface area contributed by atoms with E-state index in [1.165, 1.54) is 5.56 Å². The molecule has 0 amide bonds. The molecule has 3 aromatic heterocycles. The van der Waals surface area contributed by atoms with Gasteiger partial charge in [0.2, 0.25) is 6.79 Å². The maximum atomic E-state index is 10.6. The lowest BCUT2D eigenvalue weighted by Crippen LogP contribution is -2.34. The van der Waals surface area contributed by atoms with Gasteiger partial charge in [0, 0.05) is 43.6 Å². The first kappa shape index (κ1) is 32.9. The van der Waals surface area contributed by atoms with E-state index in [9.17, 15) is 26.3 Å². The zero-order chi connectivity index (χ0) is 32.8. The van der Waals surface area contributed by atoms with Gasteiger partial charge in [-0.1, -0.05) is 6.07 Å². The van der Waals surface area contributed by atoms with E-state index >= 15 is 0 Å². The number of aromatic nitrogens is 5. The van der Waals surface area contributed by atoms with E-state index in [0.717, 1.165) is 60.9 Å². The Hall–Kier alpha value is -5.00. The van der Waals surface area contributed by atoms with Gasteiger partial charge >= 0.3 is 24.3 Å². The molecule has 18 heteroatoms. The van der Waals surface area contributed by atoms with E-state index in [1.807, 2.05) is 30.7 Å².